The highest BCUT2D eigenvalue weighted by atomic mass is 19.1. The fraction of sp³-hybridized carbons (Fsp3) is 0.400. The average Bonchev–Trinajstić information content (AvgIpc) is 3.16. The van der Waals surface area contributed by atoms with E-state index in [1.54, 1.807) is 12.1 Å². The molecule has 0 radical (unpaired) electrons. The van der Waals surface area contributed by atoms with Crippen molar-refractivity contribution in [3.63, 3.8) is 0 Å². The van der Waals surface area contributed by atoms with Crippen LogP contribution in [0, 0.1) is 5.82 Å². The topological polar surface area (TPSA) is 105 Å². The van der Waals surface area contributed by atoms with Crippen LogP contribution in [0.5, 0.6) is 0 Å². The number of carbonyl (C=O) groups excluding carboxylic acids is 1. The summed E-state index contributed by atoms with van der Waals surface area (Å²) < 4.78 is 18.1. The van der Waals surface area contributed by atoms with Gasteiger partial charge in [0.2, 0.25) is 5.89 Å². The van der Waals surface area contributed by atoms with Gasteiger partial charge in [-0.05, 0) is 37.1 Å². The van der Waals surface area contributed by atoms with E-state index in [1.807, 2.05) is 4.90 Å². The first kappa shape index (κ1) is 15.6. The van der Waals surface area contributed by atoms with E-state index < -0.39 is 12.0 Å². The first-order chi connectivity index (χ1) is 11.0. The number of nitrogens with zero attached hydrogens (tertiary/aromatic N) is 3. The Kier molecular flexibility index (Phi) is 4.35. The second-order valence-corrected chi connectivity index (χ2v) is 5.54. The molecule has 8 heteroatoms. The molecule has 0 aliphatic carbocycles. The third kappa shape index (κ3) is 3.38. The van der Waals surface area contributed by atoms with E-state index in [9.17, 15) is 14.3 Å². The van der Waals surface area contributed by atoms with Crippen LogP contribution in [0.4, 0.5) is 4.39 Å². The molecular formula is C15H17FN4O3. The maximum atomic E-state index is 12.9. The van der Waals surface area contributed by atoms with Crippen molar-refractivity contribution < 1.29 is 18.8 Å². The van der Waals surface area contributed by atoms with E-state index in [2.05, 4.69) is 10.1 Å². The molecule has 1 saturated heterocycles. The standard InChI is InChI=1S/C15H17FN4O3/c16-10-5-3-9(4-6-10)12(21)8-20-7-1-2-11(20)15-18-14(13(17)22)19-23-15/h3-6,11-12,21H,1-2,7-8H2,(H2,17,22)/t11-,12+/m0/s1. The molecule has 1 fully saturated rings. The van der Waals surface area contributed by atoms with E-state index in [0.29, 0.717) is 18.0 Å². The number of halogens is 1. The molecule has 1 aliphatic heterocycles. The number of amides is 1. The number of rotatable bonds is 5. The zero-order valence-corrected chi connectivity index (χ0v) is 12.4. The first-order valence-electron chi connectivity index (χ1n) is 7.35. The lowest BCUT2D eigenvalue weighted by Crippen LogP contribution is -2.28. The summed E-state index contributed by atoms with van der Waals surface area (Å²) in [6.45, 7) is 1.11. The lowest BCUT2D eigenvalue weighted by molar-refractivity contribution is 0.0967. The Labute approximate surface area is 131 Å². The van der Waals surface area contributed by atoms with Crippen LogP contribution in [-0.4, -0.2) is 39.1 Å². The van der Waals surface area contributed by atoms with E-state index in [-0.39, 0.29) is 17.7 Å². The van der Waals surface area contributed by atoms with Crippen LogP contribution >= 0.6 is 0 Å². The second kappa shape index (κ2) is 6.43. The van der Waals surface area contributed by atoms with Gasteiger partial charge in [0, 0.05) is 6.54 Å². The highest BCUT2D eigenvalue weighted by Crippen LogP contribution is 2.32. The van der Waals surface area contributed by atoms with Gasteiger partial charge in [-0.3, -0.25) is 9.69 Å². The molecule has 1 aromatic heterocycles. The van der Waals surface area contributed by atoms with Crippen molar-refractivity contribution in [1.29, 1.82) is 0 Å². The van der Waals surface area contributed by atoms with Crippen molar-refractivity contribution in [1.82, 2.24) is 15.0 Å². The van der Waals surface area contributed by atoms with Crippen LogP contribution in [-0.2, 0) is 0 Å². The minimum Gasteiger partial charge on any atom is -0.387 e. The highest BCUT2D eigenvalue weighted by molar-refractivity contribution is 5.88. The van der Waals surface area contributed by atoms with Gasteiger partial charge in [0.1, 0.15) is 5.82 Å². The third-order valence-electron chi connectivity index (χ3n) is 3.97. The Morgan fingerprint density at radius 2 is 2.22 bits per heavy atom. The summed E-state index contributed by atoms with van der Waals surface area (Å²) in [4.78, 5) is 17.1. The van der Waals surface area contributed by atoms with Gasteiger partial charge in [-0.2, -0.15) is 4.98 Å². The van der Waals surface area contributed by atoms with E-state index in [0.717, 1.165) is 19.4 Å². The lowest BCUT2D eigenvalue weighted by Gasteiger charge is -2.24. The van der Waals surface area contributed by atoms with Crippen LogP contribution in [0.1, 0.15) is 47.1 Å². The molecule has 1 aliphatic rings. The molecule has 3 N–H and O–H groups in total. The third-order valence-corrected chi connectivity index (χ3v) is 3.97. The molecule has 122 valence electrons. The zero-order chi connectivity index (χ0) is 16.4. The van der Waals surface area contributed by atoms with Gasteiger partial charge in [0.05, 0.1) is 12.1 Å². The molecule has 0 bridgehead atoms. The summed E-state index contributed by atoms with van der Waals surface area (Å²) in [5.41, 5.74) is 5.76. The van der Waals surface area contributed by atoms with Crippen molar-refractivity contribution in [2.45, 2.75) is 25.0 Å². The minimum atomic E-state index is -0.755. The molecule has 2 atom stereocenters. The number of β-amino-alcohol motifs (C(OH)–C–C–N with tert-alkyl or cyclic N) is 1. The molecule has 2 aromatic rings. The number of aliphatic hydroxyl groups excluding tert-OH is 1. The normalized spacial score (nSPS) is 19.8. The van der Waals surface area contributed by atoms with E-state index in [4.69, 9.17) is 10.3 Å². The van der Waals surface area contributed by atoms with Crippen molar-refractivity contribution in [3.05, 3.63) is 47.4 Å². The molecular weight excluding hydrogens is 303 g/mol. The Hall–Kier alpha value is -2.32. The van der Waals surface area contributed by atoms with Crippen LogP contribution in [0.2, 0.25) is 0 Å². The van der Waals surface area contributed by atoms with Crippen molar-refractivity contribution in [2.24, 2.45) is 5.73 Å². The number of aliphatic hydroxyl groups is 1. The monoisotopic (exact) mass is 320 g/mol. The summed E-state index contributed by atoms with van der Waals surface area (Å²) in [5.74, 6) is -0.908. The molecule has 3 rings (SSSR count). The van der Waals surface area contributed by atoms with Gasteiger partial charge in [-0.1, -0.05) is 17.3 Å². The number of hydrogen-bond acceptors (Lipinski definition) is 6. The predicted octanol–water partition coefficient (Wildman–Crippen LogP) is 1.18. The number of nitrogens with two attached hydrogens (primary N) is 1. The van der Waals surface area contributed by atoms with Crippen molar-refractivity contribution >= 4 is 5.91 Å². The Balaban J connectivity index is 1.71. The molecule has 0 spiro atoms. The molecule has 7 nitrogen and oxygen atoms in total. The zero-order valence-electron chi connectivity index (χ0n) is 12.4. The first-order valence-corrected chi connectivity index (χ1v) is 7.35. The van der Waals surface area contributed by atoms with Crippen LogP contribution in [0.25, 0.3) is 0 Å². The van der Waals surface area contributed by atoms with Crippen LogP contribution in [0.3, 0.4) is 0 Å². The Bertz CT molecular complexity index is 688. The number of primary amides is 1. The van der Waals surface area contributed by atoms with Gasteiger partial charge >= 0.3 is 0 Å². The summed E-state index contributed by atoms with van der Waals surface area (Å²) in [6.07, 6.45) is 0.945. The lowest BCUT2D eigenvalue weighted by atomic mass is 10.1. The molecule has 1 amide bonds. The number of benzene rings is 1. The summed E-state index contributed by atoms with van der Waals surface area (Å²) >= 11 is 0. The SMILES string of the molecule is NC(=O)c1noc([C@@H]2CCCN2C[C@@H](O)c2ccc(F)cc2)n1. The van der Waals surface area contributed by atoms with Gasteiger partial charge in [0.25, 0.3) is 11.7 Å². The van der Waals surface area contributed by atoms with Crippen molar-refractivity contribution in [3.8, 4) is 0 Å². The Morgan fingerprint density at radius 3 is 2.87 bits per heavy atom. The summed E-state index contributed by atoms with van der Waals surface area (Å²) in [5, 5.41) is 13.9. The molecule has 0 unspecified atom stereocenters. The van der Waals surface area contributed by atoms with Gasteiger partial charge in [-0.25, -0.2) is 4.39 Å². The number of hydrogen-bond donors (Lipinski definition) is 2. The van der Waals surface area contributed by atoms with Gasteiger partial charge in [-0.15, -0.1) is 0 Å². The fourth-order valence-electron chi connectivity index (χ4n) is 2.81. The van der Waals surface area contributed by atoms with Gasteiger partial charge in [0.15, 0.2) is 0 Å². The van der Waals surface area contributed by atoms with Gasteiger partial charge < -0.3 is 15.4 Å². The Morgan fingerprint density at radius 1 is 1.48 bits per heavy atom. The van der Waals surface area contributed by atoms with Crippen molar-refractivity contribution in [2.75, 3.05) is 13.1 Å². The van der Waals surface area contributed by atoms with Crippen LogP contribution < -0.4 is 5.73 Å². The quantitative estimate of drug-likeness (QED) is 0.857. The molecule has 1 aromatic carbocycles. The smallest absolute Gasteiger partial charge is 0.290 e. The summed E-state index contributed by atoms with van der Waals surface area (Å²) in [7, 11) is 0. The minimum absolute atomic E-state index is 0.147. The average molecular weight is 320 g/mol. The number of aromatic nitrogens is 2. The summed E-state index contributed by atoms with van der Waals surface area (Å²) in [6, 6.07) is 5.59. The number of carbonyl (C=O) groups is 1. The second-order valence-electron chi connectivity index (χ2n) is 5.54. The van der Waals surface area contributed by atoms with Crippen LogP contribution in [0.15, 0.2) is 28.8 Å². The largest absolute Gasteiger partial charge is 0.387 e. The van der Waals surface area contributed by atoms with E-state index >= 15 is 0 Å². The molecule has 0 saturated carbocycles. The molecule has 23 heavy (non-hydrogen) atoms. The number of likely N-dealkylation sites (tertiary alicyclic amines) is 1. The highest BCUT2D eigenvalue weighted by Gasteiger charge is 2.32. The molecule has 2 heterocycles. The maximum absolute atomic E-state index is 12.9. The fourth-order valence-corrected chi connectivity index (χ4v) is 2.81. The van der Waals surface area contributed by atoms with E-state index in [1.165, 1.54) is 12.1 Å². The predicted molar refractivity (Wildman–Crippen MR) is 77.7 cm³/mol. The maximum Gasteiger partial charge on any atom is 0.290 e.